The minimum absolute atomic E-state index is 0.882. The summed E-state index contributed by atoms with van der Waals surface area (Å²) in [5.74, 6) is 0.0229. The van der Waals surface area contributed by atoms with Crippen LogP contribution in [0, 0.1) is 5.92 Å². The van der Waals surface area contributed by atoms with Crippen molar-refractivity contribution in [2.45, 2.75) is 142 Å². The lowest BCUT2D eigenvalue weighted by atomic mass is 9.93. The van der Waals surface area contributed by atoms with E-state index in [4.69, 9.17) is 5.11 Å². The molecule has 1 N–H and O–H groups in total. The maximum absolute atomic E-state index is 10.4. The van der Waals surface area contributed by atoms with Crippen LogP contribution in [0.4, 0.5) is 0 Å². The summed E-state index contributed by atoms with van der Waals surface area (Å²) in [5, 5.41) is 8.51. The van der Waals surface area contributed by atoms with Gasteiger partial charge in [0, 0.05) is 12.6 Å². The Morgan fingerprint density at radius 1 is 0.676 bits per heavy atom. The number of allylic oxidation sites excluding steroid dienone is 3. The zero-order valence-electron chi connectivity index (χ0n) is 23.2. The van der Waals surface area contributed by atoms with Crippen LogP contribution in [-0.4, -0.2) is 36.6 Å². The van der Waals surface area contributed by atoms with Crippen LogP contribution in [0.2, 0.25) is 0 Å². The van der Waals surface area contributed by atoms with E-state index in [2.05, 4.69) is 32.0 Å². The van der Waals surface area contributed by atoms with Gasteiger partial charge in [0.2, 0.25) is 0 Å². The Hall–Kier alpha value is -1.09. The Morgan fingerprint density at radius 2 is 1.12 bits per heavy atom. The second kappa shape index (κ2) is 26.5. The Labute approximate surface area is 213 Å². The second-order valence-corrected chi connectivity index (χ2v) is 10.6. The van der Waals surface area contributed by atoms with Crippen LogP contribution in [0.25, 0.3) is 0 Å². The molecule has 1 atom stereocenters. The molecule has 0 aromatic carbocycles. The molecular formula is C31H59NO2. The van der Waals surface area contributed by atoms with E-state index in [9.17, 15) is 4.79 Å². The molecule has 0 aliphatic rings. The summed E-state index contributed by atoms with van der Waals surface area (Å²) in [6.45, 7) is 3.57. The molecule has 0 saturated carbocycles. The van der Waals surface area contributed by atoms with E-state index in [1.165, 1.54) is 141 Å². The fourth-order valence-corrected chi connectivity index (χ4v) is 4.83. The summed E-state index contributed by atoms with van der Waals surface area (Å²) in [6.07, 6.45) is 35.7. The van der Waals surface area contributed by atoms with Crippen molar-refractivity contribution in [2.75, 3.05) is 20.6 Å². The molecule has 0 spiro atoms. The molecule has 0 aromatic rings. The third kappa shape index (κ3) is 27.2. The van der Waals surface area contributed by atoms with Crippen molar-refractivity contribution in [3.63, 3.8) is 0 Å². The highest BCUT2D eigenvalue weighted by Gasteiger charge is 2.09. The molecule has 0 rings (SSSR count). The van der Waals surface area contributed by atoms with E-state index >= 15 is 0 Å². The van der Waals surface area contributed by atoms with Gasteiger partial charge in [-0.2, -0.15) is 0 Å². The molecule has 1 unspecified atom stereocenters. The number of hydrogen-bond donors (Lipinski definition) is 1. The van der Waals surface area contributed by atoms with Crippen LogP contribution in [0.3, 0.4) is 0 Å². The van der Waals surface area contributed by atoms with Crippen molar-refractivity contribution in [3.05, 3.63) is 24.3 Å². The third-order valence-electron chi connectivity index (χ3n) is 6.81. The normalized spacial score (nSPS) is 12.9. The Morgan fingerprint density at radius 3 is 1.56 bits per heavy atom. The van der Waals surface area contributed by atoms with E-state index < -0.39 is 5.97 Å². The zero-order valence-corrected chi connectivity index (χ0v) is 23.2. The van der Waals surface area contributed by atoms with E-state index in [1.54, 1.807) is 6.08 Å². The number of carboxylic acids is 1. The first-order valence-corrected chi connectivity index (χ1v) is 14.8. The topological polar surface area (TPSA) is 40.5 Å². The molecule has 0 amide bonds. The minimum atomic E-state index is -0.882. The van der Waals surface area contributed by atoms with Crippen LogP contribution in [0.1, 0.15) is 142 Å². The SMILES string of the molecule is CCCCCCCCCC(CCCCCCCCCCCCCC=CC=CC(=O)O)CN(C)C. The zero-order chi connectivity index (χ0) is 25.1. The number of nitrogens with zero attached hydrogens (tertiary/aromatic N) is 1. The lowest BCUT2D eigenvalue weighted by molar-refractivity contribution is -0.131. The molecule has 0 aliphatic heterocycles. The summed E-state index contributed by atoms with van der Waals surface area (Å²) >= 11 is 0. The summed E-state index contributed by atoms with van der Waals surface area (Å²) in [7, 11) is 4.47. The Kier molecular flexibility index (Phi) is 25.7. The Balaban J connectivity index is 3.50. The second-order valence-electron chi connectivity index (χ2n) is 10.6. The van der Waals surface area contributed by atoms with Crippen LogP contribution in [0.5, 0.6) is 0 Å². The van der Waals surface area contributed by atoms with Crippen LogP contribution < -0.4 is 0 Å². The van der Waals surface area contributed by atoms with Crippen molar-refractivity contribution >= 4 is 5.97 Å². The van der Waals surface area contributed by atoms with Crippen molar-refractivity contribution in [3.8, 4) is 0 Å². The molecule has 0 bridgehead atoms. The first-order valence-electron chi connectivity index (χ1n) is 14.8. The number of hydrogen-bond acceptors (Lipinski definition) is 2. The van der Waals surface area contributed by atoms with Gasteiger partial charge >= 0.3 is 5.97 Å². The van der Waals surface area contributed by atoms with Gasteiger partial charge in [-0.05, 0) is 45.7 Å². The molecule has 3 nitrogen and oxygen atoms in total. The monoisotopic (exact) mass is 477 g/mol. The van der Waals surface area contributed by atoms with E-state index in [1.807, 2.05) is 6.08 Å². The molecule has 0 aromatic heterocycles. The van der Waals surface area contributed by atoms with Crippen molar-refractivity contribution in [1.82, 2.24) is 4.90 Å². The quantitative estimate of drug-likeness (QED) is 0.0765. The highest BCUT2D eigenvalue weighted by molar-refractivity contribution is 5.80. The van der Waals surface area contributed by atoms with E-state index in [0.29, 0.717) is 0 Å². The molecule has 0 aliphatic carbocycles. The number of carboxylic acid groups (broad SMARTS) is 1. The highest BCUT2D eigenvalue weighted by Crippen LogP contribution is 2.20. The van der Waals surface area contributed by atoms with Crippen LogP contribution in [-0.2, 0) is 4.79 Å². The standard InChI is InChI=1S/C31H59NO2/c1-4-5-6-7-17-20-23-26-30(29-32(2)3)27-24-21-18-15-13-11-9-8-10-12-14-16-19-22-25-28-31(33)34/h19,22,25,28,30H,4-18,20-21,23-24,26-27,29H2,1-3H3,(H,33,34). The number of rotatable bonds is 26. The summed E-state index contributed by atoms with van der Waals surface area (Å²) in [6, 6.07) is 0. The van der Waals surface area contributed by atoms with Gasteiger partial charge in [-0.1, -0.05) is 134 Å². The number of aliphatic carboxylic acids is 1. The summed E-state index contributed by atoms with van der Waals surface area (Å²) in [4.78, 5) is 12.7. The number of unbranched alkanes of at least 4 members (excludes halogenated alkanes) is 17. The van der Waals surface area contributed by atoms with Gasteiger partial charge in [-0.25, -0.2) is 4.79 Å². The first-order chi connectivity index (χ1) is 16.6. The predicted molar refractivity (Wildman–Crippen MR) is 151 cm³/mol. The minimum Gasteiger partial charge on any atom is -0.478 e. The van der Waals surface area contributed by atoms with Gasteiger partial charge < -0.3 is 10.0 Å². The lowest BCUT2D eigenvalue weighted by Gasteiger charge is -2.21. The maximum atomic E-state index is 10.4. The van der Waals surface area contributed by atoms with Gasteiger partial charge in [-0.15, -0.1) is 0 Å². The van der Waals surface area contributed by atoms with Gasteiger partial charge in [0.15, 0.2) is 0 Å². The van der Waals surface area contributed by atoms with Crippen LogP contribution >= 0.6 is 0 Å². The molecule has 34 heavy (non-hydrogen) atoms. The van der Waals surface area contributed by atoms with Gasteiger partial charge in [0.25, 0.3) is 0 Å². The average Bonchev–Trinajstić information content (AvgIpc) is 2.79. The highest BCUT2D eigenvalue weighted by atomic mass is 16.4. The van der Waals surface area contributed by atoms with Gasteiger partial charge in [0.1, 0.15) is 0 Å². The smallest absolute Gasteiger partial charge is 0.328 e. The Bertz CT molecular complexity index is 484. The maximum Gasteiger partial charge on any atom is 0.328 e. The van der Waals surface area contributed by atoms with Crippen molar-refractivity contribution in [1.29, 1.82) is 0 Å². The van der Waals surface area contributed by atoms with Crippen molar-refractivity contribution in [2.24, 2.45) is 5.92 Å². The average molecular weight is 478 g/mol. The molecule has 0 saturated heterocycles. The lowest BCUT2D eigenvalue weighted by Crippen LogP contribution is -2.21. The molecular weight excluding hydrogens is 418 g/mol. The van der Waals surface area contributed by atoms with Crippen LogP contribution in [0.15, 0.2) is 24.3 Å². The largest absolute Gasteiger partial charge is 0.478 e. The van der Waals surface area contributed by atoms with E-state index in [0.717, 1.165) is 12.3 Å². The predicted octanol–water partition coefficient (Wildman–Crippen LogP) is 9.57. The summed E-state index contributed by atoms with van der Waals surface area (Å²) < 4.78 is 0. The first kappa shape index (κ1) is 32.9. The van der Waals surface area contributed by atoms with Gasteiger partial charge in [0.05, 0.1) is 0 Å². The fourth-order valence-electron chi connectivity index (χ4n) is 4.83. The molecule has 200 valence electrons. The van der Waals surface area contributed by atoms with E-state index in [-0.39, 0.29) is 0 Å². The number of carbonyl (C=O) groups is 1. The molecule has 0 heterocycles. The molecule has 0 fully saturated rings. The fraction of sp³-hybridized carbons (Fsp3) is 0.839. The van der Waals surface area contributed by atoms with Crippen molar-refractivity contribution < 1.29 is 9.90 Å². The summed E-state index contributed by atoms with van der Waals surface area (Å²) in [5.41, 5.74) is 0. The molecule has 3 heteroatoms. The molecule has 0 radical (unpaired) electrons. The van der Waals surface area contributed by atoms with Gasteiger partial charge in [-0.3, -0.25) is 0 Å². The third-order valence-corrected chi connectivity index (χ3v) is 6.81.